The summed E-state index contributed by atoms with van der Waals surface area (Å²) in [6.45, 7) is 1.64. The Kier molecular flexibility index (Phi) is 6.85. The van der Waals surface area contributed by atoms with E-state index < -0.39 is 17.8 Å². The van der Waals surface area contributed by atoms with E-state index in [1.165, 1.54) is 19.1 Å². The maximum Gasteiger partial charge on any atom is 0.416 e. The predicted molar refractivity (Wildman–Crippen MR) is 110 cm³/mol. The van der Waals surface area contributed by atoms with E-state index in [9.17, 15) is 22.8 Å². The number of nitrogens with one attached hydrogen (secondary N) is 1. The third kappa shape index (κ3) is 6.08. The summed E-state index contributed by atoms with van der Waals surface area (Å²) in [4.78, 5) is 26.4. The van der Waals surface area contributed by atoms with Crippen LogP contribution >= 0.6 is 15.9 Å². The highest BCUT2D eigenvalue weighted by Crippen LogP contribution is 2.32. The topological polar surface area (TPSA) is 49.4 Å². The second kappa shape index (κ2) is 9.20. The van der Waals surface area contributed by atoms with Gasteiger partial charge in [0.2, 0.25) is 11.8 Å². The van der Waals surface area contributed by atoms with Crippen molar-refractivity contribution in [3.8, 4) is 0 Å². The maximum atomic E-state index is 13.1. The summed E-state index contributed by atoms with van der Waals surface area (Å²) in [6.07, 6.45) is -2.57. The van der Waals surface area contributed by atoms with Gasteiger partial charge in [-0.05, 0) is 48.2 Å². The minimum Gasteiger partial charge on any atom is -0.349 e. The van der Waals surface area contributed by atoms with E-state index in [1.54, 1.807) is 4.90 Å². The molecule has 0 radical (unpaired) electrons. The van der Waals surface area contributed by atoms with Crippen LogP contribution in [-0.4, -0.2) is 22.8 Å². The highest BCUT2D eigenvalue weighted by molar-refractivity contribution is 9.10. The van der Waals surface area contributed by atoms with Crippen molar-refractivity contribution in [2.24, 2.45) is 0 Å². The Bertz CT molecular complexity index is 894. The second-order valence-electron chi connectivity index (χ2n) is 7.46. The Morgan fingerprint density at radius 2 is 1.70 bits per heavy atom. The van der Waals surface area contributed by atoms with Crippen LogP contribution in [0.5, 0.6) is 0 Å². The molecule has 1 unspecified atom stereocenters. The number of halogens is 4. The monoisotopic (exact) mass is 482 g/mol. The minimum absolute atomic E-state index is 0.0817. The van der Waals surface area contributed by atoms with Crippen LogP contribution in [0.4, 0.5) is 13.2 Å². The van der Waals surface area contributed by atoms with Crippen LogP contribution in [0, 0.1) is 0 Å². The summed E-state index contributed by atoms with van der Waals surface area (Å²) in [6, 6.07) is 11.9. The lowest BCUT2D eigenvalue weighted by molar-refractivity contribution is -0.138. The van der Waals surface area contributed by atoms with Crippen molar-refractivity contribution in [2.45, 2.75) is 51.0 Å². The quantitative estimate of drug-likeness (QED) is 0.587. The van der Waals surface area contributed by atoms with Crippen molar-refractivity contribution in [3.05, 3.63) is 69.7 Å². The Labute approximate surface area is 181 Å². The molecule has 1 N–H and O–H groups in total. The third-order valence-electron chi connectivity index (χ3n) is 4.97. The molecule has 160 valence electrons. The third-order valence-corrected chi connectivity index (χ3v) is 5.50. The van der Waals surface area contributed by atoms with Gasteiger partial charge in [-0.2, -0.15) is 13.2 Å². The molecule has 1 aliphatic rings. The molecule has 1 saturated carbocycles. The lowest BCUT2D eigenvalue weighted by Gasteiger charge is -2.26. The Morgan fingerprint density at radius 3 is 2.20 bits per heavy atom. The normalized spacial score (nSPS) is 14.8. The molecule has 1 fully saturated rings. The summed E-state index contributed by atoms with van der Waals surface area (Å²) in [5.74, 6) is -0.379. The van der Waals surface area contributed by atoms with Crippen molar-refractivity contribution < 1.29 is 22.8 Å². The second-order valence-corrected chi connectivity index (χ2v) is 8.37. The largest absolute Gasteiger partial charge is 0.416 e. The van der Waals surface area contributed by atoms with Gasteiger partial charge in [0.25, 0.3) is 0 Å². The van der Waals surface area contributed by atoms with E-state index in [0.717, 1.165) is 35.0 Å². The van der Waals surface area contributed by atoms with Crippen LogP contribution in [-0.2, 0) is 22.3 Å². The van der Waals surface area contributed by atoms with Gasteiger partial charge < -0.3 is 10.2 Å². The van der Waals surface area contributed by atoms with Crippen molar-refractivity contribution in [3.63, 3.8) is 0 Å². The lowest BCUT2D eigenvalue weighted by Crippen LogP contribution is -2.37. The molecule has 8 heteroatoms. The van der Waals surface area contributed by atoms with Crippen molar-refractivity contribution >= 4 is 27.7 Å². The summed E-state index contributed by atoms with van der Waals surface area (Å²) < 4.78 is 39.2. The molecule has 1 aliphatic carbocycles. The highest BCUT2D eigenvalue weighted by atomic mass is 79.9. The summed E-state index contributed by atoms with van der Waals surface area (Å²) >= 11 is 3.37. The van der Waals surface area contributed by atoms with Gasteiger partial charge in [-0.1, -0.05) is 40.2 Å². The summed E-state index contributed by atoms with van der Waals surface area (Å²) in [5.41, 5.74) is 0.742. The molecule has 2 aromatic rings. The molecule has 0 aliphatic heterocycles. The summed E-state index contributed by atoms with van der Waals surface area (Å²) in [5, 5.41) is 2.82. The number of hydrogen-bond acceptors (Lipinski definition) is 2. The highest BCUT2D eigenvalue weighted by Gasteiger charge is 2.34. The van der Waals surface area contributed by atoms with Crippen LogP contribution in [0.3, 0.4) is 0 Å². The fraction of sp³-hybridized carbons (Fsp3) is 0.364. The Hall–Kier alpha value is -2.35. The van der Waals surface area contributed by atoms with E-state index in [4.69, 9.17) is 0 Å². The first kappa shape index (κ1) is 22.3. The first-order valence-electron chi connectivity index (χ1n) is 9.61. The van der Waals surface area contributed by atoms with E-state index in [-0.39, 0.29) is 30.8 Å². The summed E-state index contributed by atoms with van der Waals surface area (Å²) in [7, 11) is 0. The van der Waals surface area contributed by atoms with Crippen molar-refractivity contribution in [1.82, 2.24) is 10.2 Å². The number of carbonyl (C=O) groups is 2. The molecule has 0 bridgehead atoms. The molecule has 0 spiro atoms. The lowest BCUT2D eigenvalue weighted by atomic mass is 10.0. The molecule has 2 amide bonds. The molecular formula is C22H22BrF3N2O2. The Morgan fingerprint density at radius 1 is 1.10 bits per heavy atom. The number of nitrogens with zero attached hydrogens (tertiary/aromatic N) is 1. The van der Waals surface area contributed by atoms with Gasteiger partial charge in [0.1, 0.15) is 0 Å². The van der Waals surface area contributed by atoms with Crippen molar-refractivity contribution in [2.75, 3.05) is 0 Å². The molecule has 3 rings (SSSR count). The number of amides is 2. The smallest absolute Gasteiger partial charge is 0.349 e. The molecule has 1 atom stereocenters. The van der Waals surface area contributed by atoms with Gasteiger partial charge >= 0.3 is 6.18 Å². The fourth-order valence-electron chi connectivity index (χ4n) is 3.29. The van der Waals surface area contributed by atoms with Gasteiger partial charge in [-0.3, -0.25) is 9.59 Å². The Balaban J connectivity index is 1.73. The number of carbonyl (C=O) groups excluding carboxylic acids is 2. The van der Waals surface area contributed by atoms with Gasteiger partial charge in [0.05, 0.1) is 18.0 Å². The zero-order valence-electron chi connectivity index (χ0n) is 16.4. The van der Waals surface area contributed by atoms with Crippen LogP contribution in [0.1, 0.15) is 48.9 Å². The van der Waals surface area contributed by atoms with Gasteiger partial charge in [-0.25, -0.2) is 0 Å². The number of benzene rings is 2. The zero-order chi connectivity index (χ0) is 21.9. The van der Waals surface area contributed by atoms with E-state index in [2.05, 4.69) is 21.2 Å². The molecule has 0 saturated heterocycles. The first-order valence-corrected chi connectivity index (χ1v) is 10.4. The number of hydrogen-bond donors (Lipinski definition) is 1. The molecular weight excluding hydrogens is 461 g/mol. The molecule has 4 nitrogen and oxygen atoms in total. The first-order chi connectivity index (χ1) is 14.1. The van der Waals surface area contributed by atoms with E-state index in [1.807, 2.05) is 24.3 Å². The molecule has 2 aromatic carbocycles. The maximum absolute atomic E-state index is 13.1. The van der Waals surface area contributed by atoms with Crippen LogP contribution in [0.2, 0.25) is 0 Å². The average Bonchev–Trinajstić information content (AvgIpc) is 3.50. The number of alkyl halides is 3. The van der Waals surface area contributed by atoms with E-state index in [0.29, 0.717) is 5.56 Å². The minimum atomic E-state index is -4.39. The number of rotatable bonds is 7. The fourth-order valence-corrected chi connectivity index (χ4v) is 3.55. The van der Waals surface area contributed by atoms with Gasteiger partial charge in [0, 0.05) is 24.0 Å². The van der Waals surface area contributed by atoms with Crippen LogP contribution < -0.4 is 5.32 Å². The molecule has 30 heavy (non-hydrogen) atoms. The van der Waals surface area contributed by atoms with Crippen LogP contribution in [0.25, 0.3) is 0 Å². The molecule has 0 aromatic heterocycles. The van der Waals surface area contributed by atoms with Gasteiger partial charge in [0.15, 0.2) is 0 Å². The van der Waals surface area contributed by atoms with Crippen LogP contribution in [0.15, 0.2) is 53.0 Å². The van der Waals surface area contributed by atoms with E-state index >= 15 is 0 Å². The molecule has 0 heterocycles. The average molecular weight is 483 g/mol. The van der Waals surface area contributed by atoms with Crippen molar-refractivity contribution in [1.29, 1.82) is 0 Å². The predicted octanol–water partition coefficient (Wildman–Crippen LogP) is 5.23. The zero-order valence-corrected chi connectivity index (χ0v) is 18.0. The standard InChI is InChI=1S/C22H22BrF3N2O2/c1-14(29)27-20(16-4-8-18(23)9-5-16)12-21(30)28(19-10-11-19)13-15-2-6-17(7-3-15)22(24,25)26/h2-9,19-20H,10-13H2,1H3,(H,27,29). The van der Waals surface area contributed by atoms with Gasteiger partial charge in [-0.15, -0.1) is 0 Å². The SMILES string of the molecule is CC(=O)NC(CC(=O)N(Cc1ccc(C(F)(F)F)cc1)C1CC1)c1ccc(Br)cc1.